The summed E-state index contributed by atoms with van der Waals surface area (Å²) in [5.41, 5.74) is 6.60. The van der Waals surface area contributed by atoms with Gasteiger partial charge in [-0.15, -0.1) is 0 Å². The smallest absolute Gasteiger partial charge is 0.376 e. The molecule has 0 amide bonds. The van der Waals surface area contributed by atoms with Crippen LogP contribution < -0.4 is 10.6 Å². The molecule has 1 aromatic rings. The van der Waals surface area contributed by atoms with E-state index in [1.54, 1.807) is 24.2 Å². The third-order valence-corrected chi connectivity index (χ3v) is 3.55. The highest BCUT2D eigenvalue weighted by molar-refractivity contribution is 5.36. The number of β-amino-alcohol motifs (C(OH)–C–C–N with tert-alkyl or cyclic N) is 1. The van der Waals surface area contributed by atoms with Gasteiger partial charge in [-0.2, -0.15) is 0 Å². The molecule has 0 aromatic carbocycles. The number of aromatic nitrogens is 2. The van der Waals surface area contributed by atoms with E-state index in [-0.39, 0.29) is 25.1 Å². The lowest BCUT2D eigenvalue weighted by molar-refractivity contribution is -0.889. The van der Waals surface area contributed by atoms with Crippen LogP contribution in [0.15, 0.2) is 18.2 Å². The molecule has 0 fully saturated rings. The van der Waals surface area contributed by atoms with E-state index in [2.05, 4.69) is 9.97 Å². The van der Waals surface area contributed by atoms with Crippen LogP contribution in [0.5, 0.6) is 0 Å². The fourth-order valence-corrected chi connectivity index (χ4v) is 2.41. The van der Waals surface area contributed by atoms with E-state index in [4.69, 9.17) is 10.8 Å². The summed E-state index contributed by atoms with van der Waals surface area (Å²) in [6.45, 7) is 4.14. The minimum atomic E-state index is -0.436. The van der Waals surface area contributed by atoms with Crippen LogP contribution in [0, 0.1) is 17.0 Å². The fraction of sp³-hybridized carbons (Fsp3) is 0.500. The molecule has 2 atom stereocenters. The van der Waals surface area contributed by atoms with Crippen LogP contribution in [0.4, 0.5) is 5.82 Å². The predicted octanol–water partition coefficient (Wildman–Crippen LogP) is -1.52. The van der Waals surface area contributed by atoms with Crippen molar-refractivity contribution in [3.8, 4) is 0 Å². The van der Waals surface area contributed by atoms with Crippen LogP contribution >= 0.6 is 0 Å². The molecule has 1 aliphatic rings. The van der Waals surface area contributed by atoms with Gasteiger partial charge in [-0.3, -0.25) is 4.90 Å². The van der Waals surface area contributed by atoms with Gasteiger partial charge in [0.1, 0.15) is 24.7 Å². The van der Waals surface area contributed by atoms with Gasteiger partial charge in [0.25, 0.3) is 0 Å². The standard InChI is InChI=1S/C12H18N6O3/c1-8-14-5-10(12(13)15-8)6-16-7-11(18(20)21)17(3-4-19)9(16)2/h5,7,9,19H,3-4,6H2,1-2H3,(H2,13,14,15)/p+1. The van der Waals surface area contributed by atoms with Crippen molar-refractivity contribution in [1.29, 1.82) is 0 Å². The molecule has 1 aliphatic heterocycles. The Balaban J connectivity index is 2.22. The van der Waals surface area contributed by atoms with E-state index in [1.165, 1.54) is 0 Å². The minimum Gasteiger partial charge on any atom is -0.392 e. The van der Waals surface area contributed by atoms with Crippen LogP contribution in [0.1, 0.15) is 18.3 Å². The summed E-state index contributed by atoms with van der Waals surface area (Å²) in [6, 6.07) is 0. The Labute approximate surface area is 121 Å². The number of rotatable bonds is 5. The third kappa shape index (κ3) is 3.09. The summed E-state index contributed by atoms with van der Waals surface area (Å²) in [5.74, 6) is 0.973. The van der Waals surface area contributed by atoms with Gasteiger partial charge in [0.2, 0.25) is 6.17 Å². The Morgan fingerprint density at radius 2 is 2.33 bits per heavy atom. The van der Waals surface area contributed by atoms with Crippen molar-refractivity contribution in [3.05, 3.63) is 39.7 Å². The molecular formula is C12H19N6O3+. The molecule has 2 heterocycles. The van der Waals surface area contributed by atoms with Crippen LogP contribution in [0.3, 0.4) is 0 Å². The van der Waals surface area contributed by atoms with Crippen LogP contribution in [0.25, 0.3) is 0 Å². The number of aliphatic hydroxyl groups excluding tert-OH is 1. The first-order valence-corrected chi connectivity index (χ1v) is 6.61. The van der Waals surface area contributed by atoms with Crippen molar-refractivity contribution in [1.82, 2.24) is 14.9 Å². The predicted molar refractivity (Wildman–Crippen MR) is 74.2 cm³/mol. The van der Waals surface area contributed by atoms with Gasteiger partial charge in [0, 0.05) is 13.1 Å². The topological polar surface area (TPSA) is 123 Å². The highest BCUT2D eigenvalue weighted by Crippen LogP contribution is 2.12. The molecule has 0 bridgehead atoms. The van der Waals surface area contributed by atoms with Gasteiger partial charge in [-0.1, -0.05) is 0 Å². The maximum absolute atomic E-state index is 11.1. The second kappa shape index (κ2) is 6.02. The molecule has 0 radical (unpaired) electrons. The molecule has 0 saturated heterocycles. The van der Waals surface area contributed by atoms with Gasteiger partial charge in [-0.05, 0) is 11.8 Å². The van der Waals surface area contributed by atoms with Gasteiger partial charge in [-0.25, -0.2) is 14.9 Å². The summed E-state index contributed by atoms with van der Waals surface area (Å²) in [6.07, 6.45) is 3.02. The Kier molecular flexibility index (Phi) is 4.34. The molecule has 0 saturated carbocycles. The van der Waals surface area contributed by atoms with Crippen LogP contribution in [0.2, 0.25) is 0 Å². The van der Waals surface area contributed by atoms with Crippen LogP contribution in [-0.4, -0.2) is 44.2 Å². The molecule has 0 spiro atoms. The summed E-state index contributed by atoms with van der Waals surface area (Å²) >= 11 is 0. The number of hydrogen-bond donors (Lipinski definition) is 3. The number of nitrogens with zero attached hydrogens (tertiary/aromatic N) is 4. The number of aliphatic hydroxyl groups is 1. The number of nitrogens with one attached hydrogen (secondary N) is 1. The van der Waals surface area contributed by atoms with Crippen LogP contribution in [-0.2, 0) is 6.54 Å². The van der Waals surface area contributed by atoms with E-state index in [0.717, 1.165) is 10.5 Å². The average Bonchev–Trinajstić information content (AvgIpc) is 2.72. The number of hydrogen-bond acceptors (Lipinski definition) is 7. The first-order chi connectivity index (χ1) is 9.93. The lowest BCUT2D eigenvalue weighted by atomic mass is 10.2. The monoisotopic (exact) mass is 295 g/mol. The van der Waals surface area contributed by atoms with Gasteiger partial charge >= 0.3 is 5.82 Å². The van der Waals surface area contributed by atoms with E-state index in [9.17, 15) is 10.1 Å². The zero-order chi connectivity index (χ0) is 15.6. The highest BCUT2D eigenvalue weighted by Gasteiger charge is 2.42. The second-order valence-electron chi connectivity index (χ2n) is 4.93. The van der Waals surface area contributed by atoms with Gasteiger partial charge in [0.15, 0.2) is 6.20 Å². The molecular weight excluding hydrogens is 276 g/mol. The Bertz CT molecular complexity index is 576. The van der Waals surface area contributed by atoms with E-state index < -0.39 is 4.92 Å². The molecule has 2 unspecified atom stereocenters. The molecule has 2 rings (SSSR count). The van der Waals surface area contributed by atoms with E-state index in [0.29, 0.717) is 18.2 Å². The van der Waals surface area contributed by atoms with E-state index in [1.807, 2.05) is 6.92 Å². The first-order valence-electron chi connectivity index (χ1n) is 6.61. The van der Waals surface area contributed by atoms with Crippen molar-refractivity contribution >= 4 is 5.82 Å². The number of quaternary nitrogens is 1. The summed E-state index contributed by atoms with van der Waals surface area (Å²) in [4.78, 5) is 21.3. The lowest BCUT2D eigenvalue weighted by Gasteiger charge is -2.20. The lowest BCUT2D eigenvalue weighted by Crippen LogP contribution is -3.09. The maximum Gasteiger partial charge on any atom is 0.376 e. The summed E-state index contributed by atoms with van der Waals surface area (Å²) in [5, 5.41) is 20.1. The number of anilines is 1. The van der Waals surface area contributed by atoms with Gasteiger partial charge in [0.05, 0.1) is 12.2 Å². The largest absolute Gasteiger partial charge is 0.392 e. The van der Waals surface area contributed by atoms with Crippen molar-refractivity contribution in [3.63, 3.8) is 0 Å². The summed E-state index contributed by atoms with van der Waals surface area (Å²) < 4.78 is 0. The first kappa shape index (κ1) is 15.1. The highest BCUT2D eigenvalue weighted by atomic mass is 16.6. The molecule has 9 nitrogen and oxygen atoms in total. The number of aryl methyl sites for hydroxylation is 1. The van der Waals surface area contributed by atoms with Gasteiger partial charge < -0.3 is 21.0 Å². The zero-order valence-corrected chi connectivity index (χ0v) is 12.0. The van der Waals surface area contributed by atoms with Crippen molar-refractivity contribution in [2.75, 3.05) is 18.9 Å². The second-order valence-corrected chi connectivity index (χ2v) is 4.93. The average molecular weight is 295 g/mol. The molecule has 9 heteroatoms. The van der Waals surface area contributed by atoms with E-state index >= 15 is 0 Å². The molecule has 0 aliphatic carbocycles. The Morgan fingerprint density at radius 1 is 1.62 bits per heavy atom. The third-order valence-electron chi connectivity index (χ3n) is 3.55. The maximum atomic E-state index is 11.1. The Morgan fingerprint density at radius 3 is 2.90 bits per heavy atom. The number of nitrogens with two attached hydrogens (primary N) is 1. The zero-order valence-electron chi connectivity index (χ0n) is 12.0. The fourth-order valence-electron chi connectivity index (χ4n) is 2.41. The SMILES string of the molecule is Cc1ncc(C[NH+]2C=C([N+](=O)[O-])N(CCO)C2C)c(N)n1. The molecule has 114 valence electrons. The number of nitrogen functional groups attached to an aromatic ring is 1. The molecule has 21 heavy (non-hydrogen) atoms. The summed E-state index contributed by atoms with van der Waals surface area (Å²) in [7, 11) is 0. The Hall–Kier alpha value is -2.26. The van der Waals surface area contributed by atoms with Crippen molar-refractivity contribution in [2.24, 2.45) is 0 Å². The van der Waals surface area contributed by atoms with Crippen molar-refractivity contribution < 1.29 is 14.9 Å². The number of nitro groups is 1. The minimum absolute atomic E-state index is 0.00171. The quantitative estimate of drug-likeness (QED) is 0.445. The molecule has 1 aromatic heterocycles. The molecule has 4 N–H and O–H groups in total. The normalized spacial score (nSPS) is 21.5. The van der Waals surface area contributed by atoms with Crippen molar-refractivity contribution in [2.45, 2.75) is 26.6 Å².